The van der Waals surface area contributed by atoms with Crippen molar-refractivity contribution < 1.29 is 4.92 Å². The minimum absolute atomic E-state index is 0.0756. The molecule has 15 heavy (non-hydrogen) atoms. The van der Waals surface area contributed by atoms with Gasteiger partial charge in [0, 0.05) is 18.2 Å². The Labute approximate surface area is 86.8 Å². The highest BCUT2D eigenvalue weighted by Gasteiger charge is 2.10. The molecule has 0 saturated heterocycles. The molecule has 1 aromatic heterocycles. The van der Waals surface area contributed by atoms with Gasteiger partial charge >= 0.3 is 0 Å². The topological polar surface area (TPSA) is 65.1 Å². The Hall–Kier alpha value is -1.91. The van der Waals surface area contributed by atoms with Crippen LogP contribution < -0.4 is 5.56 Å². The molecule has 0 aliphatic rings. The fraction of sp³-hybridized carbons (Fsp3) is 0.300. The third-order valence-corrected chi connectivity index (χ3v) is 1.90. The van der Waals surface area contributed by atoms with Crippen molar-refractivity contribution in [3.05, 3.63) is 50.4 Å². The highest BCUT2D eigenvalue weighted by atomic mass is 16.6. The van der Waals surface area contributed by atoms with Crippen LogP contribution >= 0.6 is 0 Å². The zero-order chi connectivity index (χ0) is 11.6. The molecule has 0 aliphatic heterocycles. The van der Waals surface area contributed by atoms with E-state index in [1.165, 1.54) is 16.8 Å². The molecule has 5 nitrogen and oxygen atoms in total. The van der Waals surface area contributed by atoms with E-state index in [1.54, 1.807) is 13.8 Å². The molecule has 1 heterocycles. The first-order chi connectivity index (χ1) is 6.91. The lowest BCUT2D eigenvalue weighted by atomic mass is 10.2. The third-order valence-electron chi connectivity index (χ3n) is 1.90. The van der Waals surface area contributed by atoms with Crippen molar-refractivity contribution in [3.8, 4) is 0 Å². The van der Waals surface area contributed by atoms with Gasteiger partial charge in [-0.2, -0.15) is 0 Å². The van der Waals surface area contributed by atoms with Crippen LogP contribution in [0.4, 0.5) is 5.69 Å². The zero-order valence-electron chi connectivity index (χ0n) is 8.69. The fourth-order valence-electron chi connectivity index (χ4n) is 1.27. The van der Waals surface area contributed by atoms with E-state index in [0.29, 0.717) is 12.1 Å². The molecule has 0 atom stereocenters. The van der Waals surface area contributed by atoms with Gasteiger partial charge in [0.1, 0.15) is 0 Å². The van der Waals surface area contributed by atoms with Crippen molar-refractivity contribution in [3.63, 3.8) is 0 Å². The van der Waals surface area contributed by atoms with Crippen LogP contribution in [0.25, 0.3) is 0 Å². The summed E-state index contributed by atoms with van der Waals surface area (Å²) in [6.07, 6.45) is 1.24. The summed E-state index contributed by atoms with van der Waals surface area (Å²) in [6, 6.07) is 1.28. The molecule has 0 N–H and O–H groups in total. The number of nitrogens with zero attached hydrogens (tertiary/aromatic N) is 2. The summed E-state index contributed by atoms with van der Waals surface area (Å²) < 4.78 is 1.30. The summed E-state index contributed by atoms with van der Waals surface area (Å²) in [5.74, 6) is 0. The van der Waals surface area contributed by atoms with Crippen molar-refractivity contribution in [2.24, 2.45) is 0 Å². The van der Waals surface area contributed by atoms with Crippen LogP contribution in [-0.4, -0.2) is 9.49 Å². The number of rotatable bonds is 3. The maximum atomic E-state index is 11.6. The molecule has 0 fully saturated rings. The number of allylic oxidation sites excluding steroid dienone is 1. The van der Waals surface area contributed by atoms with Crippen molar-refractivity contribution in [2.45, 2.75) is 20.4 Å². The Kier molecular flexibility index (Phi) is 3.04. The van der Waals surface area contributed by atoms with Gasteiger partial charge in [-0.25, -0.2) is 0 Å². The predicted molar refractivity (Wildman–Crippen MR) is 56.9 cm³/mol. The van der Waals surface area contributed by atoms with E-state index in [1.807, 2.05) is 0 Å². The summed E-state index contributed by atoms with van der Waals surface area (Å²) in [4.78, 5) is 21.6. The number of pyridine rings is 1. The molecular weight excluding hydrogens is 196 g/mol. The third kappa shape index (κ3) is 2.52. The minimum atomic E-state index is -0.513. The van der Waals surface area contributed by atoms with Gasteiger partial charge in [-0.05, 0) is 13.8 Å². The monoisotopic (exact) mass is 208 g/mol. The van der Waals surface area contributed by atoms with Gasteiger partial charge in [0.2, 0.25) is 0 Å². The summed E-state index contributed by atoms with van der Waals surface area (Å²) in [5.41, 5.74) is 0.847. The molecule has 1 rings (SSSR count). The molecule has 0 spiro atoms. The van der Waals surface area contributed by atoms with Gasteiger partial charge in [0.15, 0.2) is 0 Å². The maximum Gasteiger partial charge on any atom is 0.286 e. The molecule has 80 valence electrons. The second kappa shape index (κ2) is 4.08. The van der Waals surface area contributed by atoms with Gasteiger partial charge in [0.05, 0.1) is 11.1 Å². The van der Waals surface area contributed by atoms with E-state index >= 15 is 0 Å². The first-order valence-electron chi connectivity index (χ1n) is 4.41. The van der Waals surface area contributed by atoms with Gasteiger partial charge in [-0.15, -0.1) is 0 Å². The minimum Gasteiger partial charge on any atom is -0.304 e. The molecular formula is C10H12N2O3. The number of hydrogen-bond acceptors (Lipinski definition) is 3. The van der Waals surface area contributed by atoms with Crippen molar-refractivity contribution in [1.29, 1.82) is 0 Å². The first kappa shape index (κ1) is 11.2. The smallest absolute Gasteiger partial charge is 0.286 e. The number of hydrogen-bond donors (Lipinski definition) is 0. The molecule has 1 aromatic rings. The summed E-state index contributed by atoms with van der Waals surface area (Å²) >= 11 is 0. The van der Waals surface area contributed by atoms with Gasteiger partial charge < -0.3 is 4.57 Å². The van der Waals surface area contributed by atoms with Gasteiger partial charge in [0.25, 0.3) is 11.2 Å². The van der Waals surface area contributed by atoms with Crippen LogP contribution in [0, 0.1) is 17.0 Å². The van der Waals surface area contributed by atoms with Crippen molar-refractivity contribution in [1.82, 2.24) is 4.57 Å². The lowest BCUT2D eigenvalue weighted by molar-refractivity contribution is -0.385. The lowest BCUT2D eigenvalue weighted by Crippen LogP contribution is -2.22. The predicted octanol–water partition coefficient (Wildman–Crippen LogP) is 1.64. The summed E-state index contributed by atoms with van der Waals surface area (Å²) in [7, 11) is 0. The Balaban J connectivity index is 3.31. The first-order valence-corrected chi connectivity index (χ1v) is 4.41. The second-order valence-corrected chi connectivity index (χ2v) is 3.53. The zero-order valence-corrected chi connectivity index (χ0v) is 8.69. The Morgan fingerprint density at radius 2 is 2.27 bits per heavy atom. The molecule has 0 aliphatic carbocycles. The van der Waals surface area contributed by atoms with Crippen LogP contribution in [0.2, 0.25) is 0 Å². The average Bonchev–Trinajstić information content (AvgIpc) is 2.11. The van der Waals surface area contributed by atoms with E-state index in [2.05, 4.69) is 6.58 Å². The Bertz CT molecular complexity index is 474. The normalized spacial score (nSPS) is 10.0. The SMILES string of the molecule is C=C(C)Cn1cc([N+](=O)[O-])cc(C)c1=O. The maximum absolute atomic E-state index is 11.6. The van der Waals surface area contributed by atoms with Crippen LogP contribution in [0.3, 0.4) is 0 Å². The van der Waals surface area contributed by atoms with E-state index in [9.17, 15) is 14.9 Å². The number of aryl methyl sites for hydroxylation is 1. The van der Waals surface area contributed by atoms with Crippen LogP contribution in [0.15, 0.2) is 29.2 Å². The molecule has 0 bridgehead atoms. The average molecular weight is 208 g/mol. The number of nitro groups is 1. The van der Waals surface area contributed by atoms with Gasteiger partial charge in [-0.1, -0.05) is 12.2 Å². The quantitative estimate of drug-likeness (QED) is 0.431. The number of aromatic nitrogens is 1. The van der Waals surface area contributed by atoms with Gasteiger partial charge in [-0.3, -0.25) is 14.9 Å². The largest absolute Gasteiger partial charge is 0.304 e. The van der Waals surface area contributed by atoms with Crippen LogP contribution in [-0.2, 0) is 6.54 Å². The summed E-state index contributed by atoms with van der Waals surface area (Å²) in [6.45, 7) is 7.30. The molecule has 0 saturated carbocycles. The van der Waals surface area contributed by atoms with Crippen LogP contribution in [0.5, 0.6) is 0 Å². The molecule has 0 aromatic carbocycles. The van der Waals surface area contributed by atoms with E-state index in [0.717, 1.165) is 5.57 Å². The standard InChI is InChI=1S/C10H12N2O3/c1-7(2)5-11-6-9(12(14)15)4-8(3)10(11)13/h4,6H,1,5H2,2-3H3. The molecule has 0 radical (unpaired) electrons. The van der Waals surface area contributed by atoms with E-state index < -0.39 is 4.92 Å². The van der Waals surface area contributed by atoms with E-state index in [4.69, 9.17) is 0 Å². The van der Waals surface area contributed by atoms with E-state index in [-0.39, 0.29) is 11.2 Å². The highest BCUT2D eigenvalue weighted by Crippen LogP contribution is 2.10. The Morgan fingerprint density at radius 3 is 2.73 bits per heavy atom. The van der Waals surface area contributed by atoms with Crippen molar-refractivity contribution in [2.75, 3.05) is 0 Å². The Morgan fingerprint density at radius 1 is 1.67 bits per heavy atom. The highest BCUT2D eigenvalue weighted by molar-refractivity contribution is 5.30. The summed E-state index contributed by atoms with van der Waals surface area (Å²) in [5, 5.41) is 10.6. The van der Waals surface area contributed by atoms with Crippen LogP contribution in [0.1, 0.15) is 12.5 Å². The fourth-order valence-corrected chi connectivity index (χ4v) is 1.27. The molecule has 5 heteroatoms. The molecule has 0 amide bonds. The molecule has 0 unspecified atom stereocenters. The van der Waals surface area contributed by atoms with Crippen molar-refractivity contribution >= 4 is 5.69 Å². The second-order valence-electron chi connectivity index (χ2n) is 3.53. The lowest BCUT2D eigenvalue weighted by Gasteiger charge is -2.05.